The number of nitrogens with two attached hydrogens (primary N) is 1. The van der Waals surface area contributed by atoms with E-state index in [1.165, 1.54) is 6.42 Å². The second kappa shape index (κ2) is 4.81. The van der Waals surface area contributed by atoms with Gasteiger partial charge in [0.2, 0.25) is 0 Å². The summed E-state index contributed by atoms with van der Waals surface area (Å²) >= 11 is 0. The summed E-state index contributed by atoms with van der Waals surface area (Å²) in [5.74, 6) is 0.297. The first-order chi connectivity index (χ1) is 9.17. The molecule has 1 aromatic heterocycles. The van der Waals surface area contributed by atoms with E-state index in [2.05, 4.69) is 10.3 Å². The van der Waals surface area contributed by atoms with Crippen LogP contribution in [-0.4, -0.2) is 29.1 Å². The summed E-state index contributed by atoms with van der Waals surface area (Å²) < 4.78 is 5.86. The maximum absolute atomic E-state index is 12.1. The number of nitrogen functional groups attached to an aromatic ring is 1. The van der Waals surface area contributed by atoms with E-state index < -0.39 is 0 Å². The fourth-order valence-electron chi connectivity index (χ4n) is 2.93. The van der Waals surface area contributed by atoms with E-state index in [0.29, 0.717) is 11.4 Å². The van der Waals surface area contributed by atoms with E-state index in [-0.39, 0.29) is 17.6 Å². The first-order valence-electron chi connectivity index (χ1n) is 6.83. The molecule has 1 atom stereocenters. The summed E-state index contributed by atoms with van der Waals surface area (Å²) in [6.45, 7) is 0.740. The minimum atomic E-state index is -0.0736. The maximum Gasteiger partial charge on any atom is 0.251 e. The smallest absolute Gasteiger partial charge is 0.251 e. The van der Waals surface area contributed by atoms with Crippen molar-refractivity contribution in [2.45, 2.75) is 43.7 Å². The first-order valence-corrected chi connectivity index (χ1v) is 6.83. The lowest BCUT2D eigenvalue weighted by atomic mass is 9.74. The lowest BCUT2D eigenvalue weighted by molar-refractivity contribution is -0.134. The number of hydrogen-bond donors (Lipinski definition) is 2. The second-order valence-corrected chi connectivity index (χ2v) is 5.52. The van der Waals surface area contributed by atoms with Crippen LogP contribution in [0.15, 0.2) is 18.3 Å². The van der Waals surface area contributed by atoms with Crippen LogP contribution in [0.3, 0.4) is 0 Å². The molecule has 5 nitrogen and oxygen atoms in total. The van der Waals surface area contributed by atoms with E-state index in [4.69, 9.17) is 10.5 Å². The third-order valence-corrected chi connectivity index (χ3v) is 4.14. The minimum absolute atomic E-state index is 0.0491. The molecule has 1 spiro atoms. The van der Waals surface area contributed by atoms with Crippen LogP contribution in [-0.2, 0) is 4.74 Å². The van der Waals surface area contributed by atoms with Crippen LogP contribution >= 0.6 is 0 Å². The van der Waals surface area contributed by atoms with Gasteiger partial charge in [0.1, 0.15) is 5.82 Å². The van der Waals surface area contributed by atoms with Crippen molar-refractivity contribution in [1.82, 2.24) is 10.3 Å². The molecule has 19 heavy (non-hydrogen) atoms. The highest BCUT2D eigenvalue weighted by molar-refractivity contribution is 5.94. The molecule has 1 aliphatic heterocycles. The molecule has 0 radical (unpaired) electrons. The van der Waals surface area contributed by atoms with Crippen molar-refractivity contribution in [2.75, 3.05) is 12.3 Å². The quantitative estimate of drug-likeness (QED) is 0.845. The average molecular weight is 261 g/mol. The molecule has 102 valence electrons. The van der Waals surface area contributed by atoms with Crippen molar-refractivity contribution in [1.29, 1.82) is 0 Å². The summed E-state index contributed by atoms with van der Waals surface area (Å²) in [5, 5.41) is 3.08. The average Bonchev–Trinajstić information content (AvgIpc) is 2.37. The van der Waals surface area contributed by atoms with E-state index in [1.807, 2.05) is 0 Å². The Hall–Kier alpha value is -1.62. The molecule has 1 unspecified atom stereocenters. The highest BCUT2D eigenvalue weighted by atomic mass is 16.5. The Morgan fingerprint density at radius 1 is 1.53 bits per heavy atom. The van der Waals surface area contributed by atoms with Crippen LogP contribution < -0.4 is 11.1 Å². The number of carbonyl (C=O) groups is 1. The van der Waals surface area contributed by atoms with Crippen molar-refractivity contribution in [3.05, 3.63) is 23.9 Å². The number of rotatable bonds is 2. The zero-order valence-electron chi connectivity index (χ0n) is 10.9. The Morgan fingerprint density at radius 2 is 2.37 bits per heavy atom. The van der Waals surface area contributed by atoms with Gasteiger partial charge in [-0.2, -0.15) is 0 Å². The molecule has 0 aromatic carbocycles. The monoisotopic (exact) mass is 261 g/mol. The number of nitrogens with zero attached hydrogens (tertiary/aromatic N) is 1. The summed E-state index contributed by atoms with van der Waals surface area (Å²) in [6.07, 6.45) is 6.86. The molecular weight excluding hydrogens is 242 g/mol. The van der Waals surface area contributed by atoms with Crippen LogP contribution in [0.1, 0.15) is 42.5 Å². The molecular formula is C14H19N3O2. The summed E-state index contributed by atoms with van der Waals surface area (Å²) in [4.78, 5) is 16.0. The van der Waals surface area contributed by atoms with Gasteiger partial charge in [0.25, 0.3) is 5.91 Å². The number of amides is 1. The molecule has 1 saturated heterocycles. The molecule has 2 aliphatic rings. The fourth-order valence-corrected chi connectivity index (χ4v) is 2.93. The molecule has 2 heterocycles. The van der Waals surface area contributed by atoms with Gasteiger partial charge in [0.05, 0.1) is 5.60 Å². The molecule has 3 N–H and O–H groups in total. The van der Waals surface area contributed by atoms with Crippen LogP contribution in [0.2, 0.25) is 0 Å². The number of hydrogen-bond acceptors (Lipinski definition) is 4. The molecule has 2 fully saturated rings. The van der Waals surface area contributed by atoms with Crippen molar-refractivity contribution in [3.63, 3.8) is 0 Å². The zero-order valence-corrected chi connectivity index (χ0v) is 10.9. The number of ether oxygens (including phenoxy) is 1. The predicted molar refractivity (Wildman–Crippen MR) is 71.7 cm³/mol. The number of anilines is 1. The highest BCUT2D eigenvalue weighted by Crippen LogP contribution is 2.42. The van der Waals surface area contributed by atoms with E-state index >= 15 is 0 Å². The highest BCUT2D eigenvalue weighted by Gasteiger charge is 2.42. The number of pyridine rings is 1. The van der Waals surface area contributed by atoms with E-state index in [9.17, 15) is 4.79 Å². The molecule has 0 bridgehead atoms. The van der Waals surface area contributed by atoms with E-state index in [1.54, 1.807) is 18.3 Å². The Labute approximate surface area is 112 Å². The lowest BCUT2D eigenvalue weighted by Crippen LogP contribution is -2.52. The van der Waals surface area contributed by atoms with Crippen LogP contribution in [0.25, 0.3) is 0 Å². The third kappa shape index (κ3) is 2.56. The second-order valence-electron chi connectivity index (χ2n) is 5.52. The normalized spacial score (nSPS) is 24.7. The van der Waals surface area contributed by atoms with Gasteiger partial charge in [0, 0.05) is 24.4 Å². The van der Waals surface area contributed by atoms with Crippen molar-refractivity contribution < 1.29 is 9.53 Å². The largest absolute Gasteiger partial charge is 0.384 e. The zero-order chi connectivity index (χ0) is 13.3. The van der Waals surface area contributed by atoms with Crippen molar-refractivity contribution in [2.24, 2.45) is 0 Å². The van der Waals surface area contributed by atoms with Gasteiger partial charge in [-0.25, -0.2) is 4.98 Å². The maximum atomic E-state index is 12.1. The topological polar surface area (TPSA) is 77.2 Å². The summed E-state index contributed by atoms with van der Waals surface area (Å²) in [6, 6.07) is 3.49. The van der Waals surface area contributed by atoms with Crippen LogP contribution in [0, 0.1) is 0 Å². The Morgan fingerprint density at radius 3 is 3.05 bits per heavy atom. The van der Waals surface area contributed by atoms with Gasteiger partial charge in [-0.15, -0.1) is 0 Å². The van der Waals surface area contributed by atoms with Gasteiger partial charge in [0.15, 0.2) is 0 Å². The number of aromatic nitrogens is 1. The molecule has 5 heteroatoms. The van der Waals surface area contributed by atoms with Crippen molar-refractivity contribution in [3.8, 4) is 0 Å². The summed E-state index contributed by atoms with van der Waals surface area (Å²) in [5.41, 5.74) is 6.21. The van der Waals surface area contributed by atoms with Crippen LogP contribution in [0.4, 0.5) is 5.82 Å². The van der Waals surface area contributed by atoms with Gasteiger partial charge in [-0.05, 0) is 44.2 Å². The first kappa shape index (κ1) is 12.4. The minimum Gasteiger partial charge on any atom is -0.384 e. The van der Waals surface area contributed by atoms with Gasteiger partial charge in [-0.1, -0.05) is 0 Å². The summed E-state index contributed by atoms with van der Waals surface area (Å²) in [7, 11) is 0. The molecule has 1 aromatic rings. The fraction of sp³-hybridized carbons (Fsp3) is 0.571. The molecule has 3 rings (SSSR count). The number of nitrogens with one attached hydrogen (secondary N) is 1. The number of carbonyl (C=O) groups excluding carboxylic acids is 1. The Balaban J connectivity index is 1.63. The van der Waals surface area contributed by atoms with Gasteiger partial charge in [-0.3, -0.25) is 4.79 Å². The lowest BCUT2D eigenvalue weighted by Gasteiger charge is -2.47. The van der Waals surface area contributed by atoms with Crippen molar-refractivity contribution >= 4 is 11.7 Å². The Bertz CT molecular complexity index is 485. The third-order valence-electron chi connectivity index (χ3n) is 4.14. The van der Waals surface area contributed by atoms with Crippen LogP contribution in [0.5, 0.6) is 0 Å². The van der Waals surface area contributed by atoms with Gasteiger partial charge >= 0.3 is 0 Å². The van der Waals surface area contributed by atoms with Gasteiger partial charge < -0.3 is 15.8 Å². The predicted octanol–water partition coefficient (Wildman–Crippen LogP) is 1.50. The standard InChI is InChI=1S/C14H19N3O2/c15-12-8-10(2-6-16-12)13(18)17-11-3-7-19-14(9-11)4-1-5-14/h2,6,8,11H,1,3-5,7,9H2,(H2,15,16)(H,17,18). The Kier molecular flexibility index (Phi) is 3.14. The molecule has 1 aliphatic carbocycles. The SMILES string of the molecule is Nc1cc(C(=O)NC2CCOC3(CCC3)C2)ccn1. The molecule has 1 saturated carbocycles. The molecule has 1 amide bonds. The van der Waals surface area contributed by atoms with E-state index in [0.717, 1.165) is 32.3 Å².